The number of aliphatic carboxylic acids is 1. The lowest BCUT2D eigenvalue weighted by Gasteiger charge is -2.70. The molecule has 0 aliphatic heterocycles. The van der Waals surface area contributed by atoms with Crippen LogP contribution in [-0.4, -0.2) is 57.6 Å². The normalized spacial score (nSPS) is 42.3. The Labute approximate surface area is 270 Å². The molecule has 0 amide bonds. The molecule has 45 heavy (non-hydrogen) atoms. The molecule has 11 unspecified atom stereocenters. The molecule has 0 aromatic rings. The smallest absolute Gasteiger partial charge is 0.331 e. The lowest BCUT2D eigenvalue weighted by molar-refractivity contribution is -0.288. The molecule has 4 aliphatic rings. The van der Waals surface area contributed by atoms with Gasteiger partial charge in [0.15, 0.2) is 0 Å². The molecular weight excluding hydrogens is 572 g/mol. The van der Waals surface area contributed by atoms with Crippen LogP contribution in [0.2, 0.25) is 0 Å². The van der Waals surface area contributed by atoms with Crippen molar-refractivity contribution in [3.8, 4) is 0 Å². The van der Waals surface area contributed by atoms with Crippen molar-refractivity contribution in [3.63, 3.8) is 0 Å². The van der Waals surface area contributed by atoms with Gasteiger partial charge in [-0.2, -0.15) is 0 Å². The van der Waals surface area contributed by atoms with Crippen molar-refractivity contribution >= 4 is 17.9 Å². The van der Waals surface area contributed by atoms with E-state index in [4.69, 9.17) is 9.47 Å². The molecule has 4 saturated carbocycles. The first-order chi connectivity index (χ1) is 20.7. The second kappa shape index (κ2) is 12.6. The van der Waals surface area contributed by atoms with Crippen LogP contribution in [0, 0.1) is 51.2 Å². The van der Waals surface area contributed by atoms with Crippen molar-refractivity contribution in [2.75, 3.05) is 0 Å². The van der Waals surface area contributed by atoms with Crippen molar-refractivity contribution in [1.29, 1.82) is 0 Å². The van der Waals surface area contributed by atoms with E-state index < -0.39 is 47.2 Å². The van der Waals surface area contributed by atoms with Crippen molar-refractivity contribution in [1.82, 2.24) is 0 Å². The molecule has 4 aliphatic carbocycles. The summed E-state index contributed by atoms with van der Waals surface area (Å²) in [5.41, 5.74) is -0.990. The Morgan fingerprint density at radius 3 is 2.22 bits per heavy atom. The minimum atomic E-state index is -1.04. The van der Waals surface area contributed by atoms with Gasteiger partial charge in [0, 0.05) is 23.8 Å². The number of aliphatic hydroxyl groups excluding tert-OH is 2. The van der Waals surface area contributed by atoms with E-state index in [1.165, 1.54) is 6.92 Å². The average Bonchev–Trinajstić information content (AvgIpc) is 3.17. The van der Waals surface area contributed by atoms with Crippen LogP contribution in [-0.2, 0) is 23.9 Å². The quantitative estimate of drug-likeness (QED) is 0.199. The Bertz CT molecular complexity index is 1180. The van der Waals surface area contributed by atoms with Crippen LogP contribution < -0.4 is 0 Å². The van der Waals surface area contributed by atoms with Crippen LogP contribution >= 0.6 is 0 Å². The number of esters is 2. The molecule has 0 heterocycles. The van der Waals surface area contributed by atoms with Crippen molar-refractivity contribution < 1.29 is 39.2 Å². The van der Waals surface area contributed by atoms with Crippen LogP contribution in [0.25, 0.3) is 0 Å². The van der Waals surface area contributed by atoms with Gasteiger partial charge in [-0.15, -0.1) is 0 Å². The number of carbonyl (C=O) groups is 3. The van der Waals surface area contributed by atoms with E-state index in [2.05, 4.69) is 34.6 Å². The van der Waals surface area contributed by atoms with Crippen LogP contribution in [0.4, 0.5) is 0 Å². The molecule has 11 atom stereocenters. The van der Waals surface area contributed by atoms with Gasteiger partial charge in [-0.1, -0.05) is 68.7 Å². The maximum atomic E-state index is 13.4. The van der Waals surface area contributed by atoms with Gasteiger partial charge >= 0.3 is 17.9 Å². The highest BCUT2D eigenvalue weighted by molar-refractivity contribution is 5.88. The number of hydrogen-bond acceptors (Lipinski definition) is 7. The molecular formula is C37H60O8. The molecule has 256 valence electrons. The first-order valence-electron chi connectivity index (χ1n) is 17.4. The van der Waals surface area contributed by atoms with E-state index in [1.807, 2.05) is 27.7 Å². The van der Waals surface area contributed by atoms with Gasteiger partial charge in [-0.3, -0.25) is 9.59 Å². The lowest BCUT2D eigenvalue weighted by Crippen LogP contribution is -2.72. The summed E-state index contributed by atoms with van der Waals surface area (Å²) >= 11 is 0. The third-order valence-electron chi connectivity index (χ3n) is 12.9. The summed E-state index contributed by atoms with van der Waals surface area (Å²) in [5.74, 6) is -1.91. The Morgan fingerprint density at radius 2 is 1.67 bits per heavy atom. The van der Waals surface area contributed by atoms with Crippen LogP contribution in [0.1, 0.15) is 127 Å². The van der Waals surface area contributed by atoms with Crippen molar-refractivity contribution in [3.05, 3.63) is 11.1 Å². The summed E-state index contributed by atoms with van der Waals surface area (Å²) in [7, 11) is 0. The van der Waals surface area contributed by atoms with Crippen LogP contribution in [0.5, 0.6) is 0 Å². The summed E-state index contributed by atoms with van der Waals surface area (Å²) in [6.07, 6.45) is 2.41. The molecule has 8 nitrogen and oxygen atoms in total. The van der Waals surface area contributed by atoms with Gasteiger partial charge in [-0.25, -0.2) is 4.79 Å². The fourth-order valence-corrected chi connectivity index (χ4v) is 10.7. The van der Waals surface area contributed by atoms with Gasteiger partial charge in [0.05, 0.1) is 18.6 Å². The summed E-state index contributed by atoms with van der Waals surface area (Å²) in [6.45, 7) is 20.1. The number of ether oxygens (including phenoxy) is 2. The highest BCUT2D eigenvalue weighted by atomic mass is 16.6. The predicted octanol–water partition coefficient (Wildman–Crippen LogP) is 6.70. The molecule has 0 saturated heterocycles. The predicted molar refractivity (Wildman–Crippen MR) is 172 cm³/mol. The van der Waals surface area contributed by atoms with E-state index in [1.54, 1.807) is 0 Å². The summed E-state index contributed by atoms with van der Waals surface area (Å²) in [6, 6.07) is 0. The molecule has 0 radical (unpaired) electrons. The standard InChI is InChI=1S/C37H60O8/c1-20(2)12-11-13-23(33(42)43)29-24-14-15-27-35(8)17-16-25(39)21(3)30(35)31(45-28(40)19-34(5,6)7)32(41)37(27,10)36(24,9)18-26(29)44-22(4)38/h20-21,24-27,30-32,39,41H,11-19H2,1-10H3,(H,42,43)/b29-23-. The van der Waals surface area contributed by atoms with E-state index in [0.717, 1.165) is 32.1 Å². The number of carboxylic acid groups (broad SMARTS) is 1. The Balaban J connectivity index is 1.87. The molecule has 0 aromatic heterocycles. The topological polar surface area (TPSA) is 130 Å². The molecule has 3 N–H and O–H groups in total. The highest BCUT2D eigenvalue weighted by Crippen LogP contribution is 2.74. The first kappa shape index (κ1) is 35.9. The third-order valence-corrected chi connectivity index (χ3v) is 12.9. The molecule has 0 spiro atoms. The average molecular weight is 633 g/mol. The molecule has 0 aromatic carbocycles. The zero-order chi connectivity index (χ0) is 33.9. The maximum Gasteiger partial charge on any atom is 0.331 e. The second-order valence-electron chi connectivity index (χ2n) is 17.3. The van der Waals surface area contributed by atoms with Gasteiger partial charge in [0.1, 0.15) is 12.2 Å². The lowest BCUT2D eigenvalue weighted by atomic mass is 9.35. The first-order valence-corrected chi connectivity index (χ1v) is 17.4. The van der Waals surface area contributed by atoms with Gasteiger partial charge in [0.2, 0.25) is 0 Å². The molecule has 4 fully saturated rings. The fraction of sp³-hybridized carbons (Fsp3) is 0.865. The number of fused-ring (bicyclic) bond motifs is 5. The Kier molecular flexibility index (Phi) is 10.0. The number of rotatable bonds is 8. The monoisotopic (exact) mass is 632 g/mol. The molecule has 4 rings (SSSR count). The van der Waals surface area contributed by atoms with Crippen LogP contribution in [0.3, 0.4) is 0 Å². The third kappa shape index (κ3) is 6.24. The molecule has 8 heteroatoms. The number of hydrogen-bond donors (Lipinski definition) is 3. The highest BCUT2D eigenvalue weighted by Gasteiger charge is 2.74. The van der Waals surface area contributed by atoms with Crippen LogP contribution in [0.15, 0.2) is 11.1 Å². The number of aliphatic hydroxyl groups is 2. The SMILES string of the molecule is CC(=O)OC1CC2(C)C(CCC3C4(C)CCC(O)C(C)C4C(OC(=O)CC(C)(C)C)C(O)C32C)/C1=C(\CCCC(C)C)C(=O)O. The zero-order valence-electron chi connectivity index (χ0n) is 29.4. The van der Waals surface area contributed by atoms with E-state index in [0.29, 0.717) is 36.3 Å². The number of carbonyl (C=O) groups excluding carboxylic acids is 2. The Morgan fingerprint density at radius 1 is 1.02 bits per heavy atom. The summed E-state index contributed by atoms with van der Waals surface area (Å²) in [4.78, 5) is 38.7. The van der Waals surface area contributed by atoms with E-state index in [9.17, 15) is 29.7 Å². The van der Waals surface area contributed by atoms with Crippen molar-refractivity contribution in [2.45, 2.75) is 151 Å². The zero-order valence-corrected chi connectivity index (χ0v) is 29.4. The van der Waals surface area contributed by atoms with Gasteiger partial charge in [0.25, 0.3) is 0 Å². The summed E-state index contributed by atoms with van der Waals surface area (Å²) in [5, 5.41) is 34.2. The molecule has 0 bridgehead atoms. The summed E-state index contributed by atoms with van der Waals surface area (Å²) < 4.78 is 12.3. The van der Waals surface area contributed by atoms with E-state index >= 15 is 0 Å². The van der Waals surface area contributed by atoms with E-state index in [-0.39, 0.29) is 46.9 Å². The minimum absolute atomic E-state index is 0.0327. The maximum absolute atomic E-state index is 13.4. The Hall–Kier alpha value is -1.93. The fourth-order valence-electron chi connectivity index (χ4n) is 10.7. The second-order valence-corrected chi connectivity index (χ2v) is 17.3. The minimum Gasteiger partial charge on any atom is -0.478 e. The van der Waals surface area contributed by atoms with Crippen molar-refractivity contribution in [2.24, 2.45) is 51.2 Å². The number of carboxylic acids is 1. The van der Waals surface area contributed by atoms with Gasteiger partial charge in [-0.05, 0) is 90.4 Å². The largest absolute Gasteiger partial charge is 0.478 e. The van der Waals surface area contributed by atoms with Gasteiger partial charge < -0.3 is 24.8 Å².